The molecule has 0 aromatic heterocycles. The predicted octanol–water partition coefficient (Wildman–Crippen LogP) is 0.961. The lowest BCUT2D eigenvalue weighted by atomic mass is 10.1. The van der Waals surface area contributed by atoms with E-state index in [1.807, 2.05) is 18.2 Å². The van der Waals surface area contributed by atoms with E-state index in [1.165, 1.54) is 12.7 Å². The lowest BCUT2D eigenvalue weighted by molar-refractivity contribution is -0.914. The second kappa shape index (κ2) is 7.36. The van der Waals surface area contributed by atoms with Crippen LogP contribution in [0.4, 0.5) is 11.4 Å². The summed E-state index contributed by atoms with van der Waals surface area (Å²) in [5, 5.41) is 0. The topological polar surface area (TPSA) is 60.0 Å². The first-order valence-corrected chi connectivity index (χ1v) is 8.27. The molecule has 0 radical (unpaired) electrons. The molecule has 5 nitrogen and oxygen atoms in total. The van der Waals surface area contributed by atoms with Crippen LogP contribution >= 0.6 is 0 Å². The van der Waals surface area contributed by atoms with Gasteiger partial charge in [0.2, 0.25) is 0 Å². The van der Waals surface area contributed by atoms with Gasteiger partial charge in [0.15, 0.2) is 0 Å². The molecule has 1 aliphatic heterocycles. The summed E-state index contributed by atoms with van der Waals surface area (Å²) in [5.74, 6) is -0.337. The number of carbonyl (C=O) groups excluding carboxylic acids is 1. The summed E-state index contributed by atoms with van der Waals surface area (Å²) in [4.78, 5) is 15.8. The minimum atomic E-state index is -0.337. The van der Waals surface area contributed by atoms with Gasteiger partial charge in [-0.25, -0.2) is 4.79 Å². The highest BCUT2D eigenvalue weighted by molar-refractivity contribution is 5.97. The zero-order chi connectivity index (χ0) is 16.9. The van der Waals surface area contributed by atoms with Crippen molar-refractivity contribution < 1.29 is 14.4 Å². The van der Waals surface area contributed by atoms with E-state index in [0.717, 1.165) is 38.4 Å². The number of piperazine rings is 1. The molecule has 24 heavy (non-hydrogen) atoms. The largest absolute Gasteiger partial charge is 0.465 e. The van der Waals surface area contributed by atoms with Crippen molar-refractivity contribution in [3.05, 3.63) is 59.7 Å². The highest BCUT2D eigenvalue weighted by atomic mass is 16.5. The van der Waals surface area contributed by atoms with Crippen molar-refractivity contribution in [1.29, 1.82) is 0 Å². The first kappa shape index (κ1) is 16.3. The third kappa shape index (κ3) is 3.68. The number of nitrogens with one attached hydrogen (secondary N) is 1. The number of hydrogen-bond donors (Lipinski definition) is 2. The summed E-state index contributed by atoms with van der Waals surface area (Å²) in [7, 11) is 1.40. The summed E-state index contributed by atoms with van der Waals surface area (Å²) in [6.45, 7) is 4.95. The molecule has 0 unspecified atom stereocenters. The van der Waals surface area contributed by atoms with Gasteiger partial charge in [0, 0.05) is 11.3 Å². The highest BCUT2D eigenvalue weighted by Crippen LogP contribution is 2.24. The molecule has 0 amide bonds. The van der Waals surface area contributed by atoms with Crippen LogP contribution in [-0.2, 0) is 11.3 Å². The van der Waals surface area contributed by atoms with E-state index in [2.05, 4.69) is 29.2 Å². The number of benzene rings is 2. The van der Waals surface area contributed by atoms with Gasteiger partial charge in [0.1, 0.15) is 6.54 Å². The van der Waals surface area contributed by atoms with Gasteiger partial charge in [-0.2, -0.15) is 0 Å². The number of carbonyl (C=O) groups is 1. The zero-order valence-corrected chi connectivity index (χ0v) is 14.0. The smallest absolute Gasteiger partial charge is 0.340 e. The molecule has 3 N–H and O–H groups in total. The number of quaternary nitrogens is 1. The van der Waals surface area contributed by atoms with Gasteiger partial charge in [-0.3, -0.25) is 0 Å². The SMILES string of the molecule is COC(=O)c1cc(N)ccc1N1CC[NH+](Cc2ccccc2)CC1. The molecule has 1 fully saturated rings. The van der Waals surface area contributed by atoms with Crippen LogP contribution in [0.15, 0.2) is 48.5 Å². The Balaban J connectivity index is 1.67. The Bertz CT molecular complexity index is 695. The Kier molecular flexibility index (Phi) is 5.01. The lowest BCUT2D eigenvalue weighted by Gasteiger charge is -2.34. The van der Waals surface area contributed by atoms with Gasteiger partial charge >= 0.3 is 5.97 Å². The van der Waals surface area contributed by atoms with Crippen LogP contribution in [0.1, 0.15) is 15.9 Å². The second-order valence-electron chi connectivity index (χ2n) is 6.17. The Morgan fingerprint density at radius 3 is 2.54 bits per heavy atom. The molecule has 0 spiro atoms. The van der Waals surface area contributed by atoms with Gasteiger partial charge < -0.3 is 20.3 Å². The Morgan fingerprint density at radius 2 is 1.88 bits per heavy atom. The Morgan fingerprint density at radius 1 is 1.17 bits per heavy atom. The average Bonchev–Trinajstić information content (AvgIpc) is 2.62. The zero-order valence-electron chi connectivity index (χ0n) is 14.0. The molecule has 1 heterocycles. The number of methoxy groups -OCH3 is 1. The fourth-order valence-corrected chi connectivity index (χ4v) is 3.23. The summed E-state index contributed by atoms with van der Waals surface area (Å²) in [6, 6.07) is 16.0. The molecule has 0 atom stereocenters. The van der Waals surface area contributed by atoms with E-state index < -0.39 is 0 Å². The normalized spacial score (nSPS) is 15.3. The van der Waals surface area contributed by atoms with Crippen molar-refractivity contribution in [2.24, 2.45) is 0 Å². The van der Waals surface area contributed by atoms with Crippen molar-refractivity contribution in [2.75, 3.05) is 43.9 Å². The third-order valence-corrected chi connectivity index (χ3v) is 4.53. The molecule has 0 aliphatic carbocycles. The van der Waals surface area contributed by atoms with Crippen LogP contribution in [0.3, 0.4) is 0 Å². The van der Waals surface area contributed by atoms with Crippen molar-refractivity contribution in [3.8, 4) is 0 Å². The standard InChI is InChI=1S/C19H23N3O2/c1-24-19(23)17-13-16(20)7-8-18(17)22-11-9-21(10-12-22)14-15-5-3-2-4-6-15/h2-8,13H,9-12,14,20H2,1H3/p+1. The van der Waals surface area contributed by atoms with E-state index in [9.17, 15) is 4.79 Å². The highest BCUT2D eigenvalue weighted by Gasteiger charge is 2.24. The number of nitrogen functional groups attached to an aromatic ring is 1. The van der Waals surface area contributed by atoms with Crippen LogP contribution in [0.25, 0.3) is 0 Å². The van der Waals surface area contributed by atoms with Gasteiger partial charge in [-0.1, -0.05) is 30.3 Å². The maximum atomic E-state index is 12.0. The Hall–Kier alpha value is -2.53. The Labute approximate surface area is 142 Å². The first-order valence-electron chi connectivity index (χ1n) is 8.27. The molecule has 0 bridgehead atoms. The quantitative estimate of drug-likeness (QED) is 0.649. The second-order valence-corrected chi connectivity index (χ2v) is 6.17. The number of hydrogen-bond acceptors (Lipinski definition) is 4. The van der Waals surface area contributed by atoms with E-state index >= 15 is 0 Å². The molecule has 3 rings (SSSR count). The maximum Gasteiger partial charge on any atom is 0.340 e. The summed E-state index contributed by atoms with van der Waals surface area (Å²) >= 11 is 0. The summed E-state index contributed by atoms with van der Waals surface area (Å²) < 4.78 is 4.90. The number of ether oxygens (including phenoxy) is 1. The minimum absolute atomic E-state index is 0.337. The van der Waals surface area contributed by atoms with Crippen molar-refractivity contribution >= 4 is 17.3 Å². The van der Waals surface area contributed by atoms with Crippen LogP contribution < -0.4 is 15.5 Å². The molecular formula is C19H24N3O2+. The molecule has 0 saturated carbocycles. The molecule has 5 heteroatoms. The third-order valence-electron chi connectivity index (χ3n) is 4.53. The molecule has 1 aliphatic rings. The van der Waals surface area contributed by atoms with E-state index in [4.69, 9.17) is 10.5 Å². The molecule has 2 aromatic carbocycles. The van der Waals surface area contributed by atoms with Crippen LogP contribution in [0.2, 0.25) is 0 Å². The molecule has 1 saturated heterocycles. The van der Waals surface area contributed by atoms with Crippen LogP contribution in [0.5, 0.6) is 0 Å². The van der Waals surface area contributed by atoms with Crippen molar-refractivity contribution in [3.63, 3.8) is 0 Å². The van der Waals surface area contributed by atoms with Crippen molar-refractivity contribution in [1.82, 2.24) is 0 Å². The summed E-state index contributed by atoms with van der Waals surface area (Å²) in [6.07, 6.45) is 0. The minimum Gasteiger partial charge on any atom is -0.465 e. The molecule has 126 valence electrons. The maximum absolute atomic E-state index is 12.0. The summed E-state index contributed by atoms with van der Waals surface area (Å²) in [5.41, 5.74) is 9.23. The van der Waals surface area contributed by atoms with Crippen LogP contribution in [0, 0.1) is 0 Å². The van der Waals surface area contributed by atoms with E-state index in [0.29, 0.717) is 11.3 Å². The van der Waals surface area contributed by atoms with Gasteiger partial charge in [0.25, 0.3) is 0 Å². The van der Waals surface area contributed by atoms with Gasteiger partial charge in [-0.15, -0.1) is 0 Å². The molecular weight excluding hydrogens is 302 g/mol. The lowest BCUT2D eigenvalue weighted by Crippen LogP contribution is -3.13. The van der Waals surface area contributed by atoms with Gasteiger partial charge in [-0.05, 0) is 18.2 Å². The first-order chi connectivity index (χ1) is 11.7. The van der Waals surface area contributed by atoms with Crippen LogP contribution in [-0.4, -0.2) is 39.3 Å². The average molecular weight is 326 g/mol. The predicted molar refractivity (Wildman–Crippen MR) is 95.2 cm³/mol. The number of nitrogens with two attached hydrogens (primary N) is 1. The number of anilines is 2. The number of rotatable bonds is 4. The van der Waals surface area contributed by atoms with Gasteiger partial charge in [0.05, 0.1) is 44.5 Å². The molecule has 2 aromatic rings. The number of nitrogens with zero attached hydrogens (tertiary/aromatic N) is 1. The van der Waals surface area contributed by atoms with E-state index in [-0.39, 0.29) is 5.97 Å². The fourth-order valence-electron chi connectivity index (χ4n) is 3.23. The van der Waals surface area contributed by atoms with E-state index in [1.54, 1.807) is 11.0 Å². The fraction of sp³-hybridized carbons (Fsp3) is 0.316. The monoisotopic (exact) mass is 326 g/mol. The number of esters is 1. The van der Waals surface area contributed by atoms with Crippen molar-refractivity contribution in [2.45, 2.75) is 6.54 Å².